The highest BCUT2D eigenvalue weighted by Crippen LogP contribution is 2.43. The van der Waals surface area contributed by atoms with Gasteiger partial charge in [0.2, 0.25) is 0 Å². The zero-order valence-corrected chi connectivity index (χ0v) is 13.9. The van der Waals surface area contributed by atoms with Gasteiger partial charge in [-0.3, -0.25) is 9.78 Å². The summed E-state index contributed by atoms with van der Waals surface area (Å²) in [6.07, 6.45) is 3.85. The predicted octanol–water partition coefficient (Wildman–Crippen LogP) is 2.79. The van der Waals surface area contributed by atoms with Crippen LogP contribution in [0.3, 0.4) is 0 Å². The molecule has 23 heavy (non-hydrogen) atoms. The Labute approximate surface area is 140 Å². The van der Waals surface area contributed by atoms with E-state index in [2.05, 4.69) is 11.1 Å². The van der Waals surface area contributed by atoms with Crippen molar-refractivity contribution in [2.24, 2.45) is 17.1 Å². The first kappa shape index (κ1) is 17.1. The Bertz CT molecular complexity index is 704. The summed E-state index contributed by atoms with van der Waals surface area (Å²) in [6, 6.07) is 5.54. The third-order valence-electron chi connectivity index (χ3n) is 4.03. The van der Waals surface area contributed by atoms with E-state index in [1.54, 1.807) is 24.5 Å². The Hall–Kier alpha value is -2.26. The fraction of sp³-hybridized carbons (Fsp3) is 0.412. The quantitative estimate of drug-likeness (QED) is 0.824. The summed E-state index contributed by atoms with van der Waals surface area (Å²) in [4.78, 5) is 16.7. The molecule has 0 amide bonds. The average molecular weight is 329 g/mol. The summed E-state index contributed by atoms with van der Waals surface area (Å²) < 4.78 is 0. The molecule has 0 saturated carbocycles. The molecule has 0 spiro atoms. The van der Waals surface area contributed by atoms with Crippen LogP contribution in [0.15, 0.2) is 35.9 Å². The SMILES string of the molecule is CC1(C)CC(=O)C([C@H](c2cccnc2)[C@H](C#N)C(N)=S)=C(O)C1. The molecular formula is C17H19N3O2S. The van der Waals surface area contributed by atoms with Crippen molar-refractivity contribution in [2.75, 3.05) is 0 Å². The molecule has 2 atom stereocenters. The molecule has 6 heteroatoms. The van der Waals surface area contributed by atoms with Gasteiger partial charge >= 0.3 is 0 Å². The number of rotatable bonds is 4. The van der Waals surface area contributed by atoms with Crippen LogP contribution in [0.4, 0.5) is 0 Å². The minimum Gasteiger partial charge on any atom is -0.512 e. The summed E-state index contributed by atoms with van der Waals surface area (Å²) in [5.74, 6) is -1.74. The Morgan fingerprint density at radius 3 is 2.70 bits per heavy atom. The molecule has 120 valence electrons. The molecule has 1 heterocycles. The van der Waals surface area contributed by atoms with Crippen LogP contribution in [0.2, 0.25) is 0 Å². The number of thiocarbonyl (C=S) groups is 1. The van der Waals surface area contributed by atoms with Crippen LogP contribution in [0, 0.1) is 22.7 Å². The Morgan fingerprint density at radius 2 is 2.22 bits per heavy atom. The number of pyridine rings is 1. The van der Waals surface area contributed by atoms with Crippen molar-refractivity contribution in [3.05, 3.63) is 41.4 Å². The number of carbonyl (C=O) groups is 1. The third kappa shape index (κ3) is 3.57. The van der Waals surface area contributed by atoms with Crippen molar-refractivity contribution in [1.29, 1.82) is 5.26 Å². The molecule has 3 N–H and O–H groups in total. The number of Topliss-reactive ketones (excluding diaryl/α,β-unsaturated/α-hetero) is 1. The molecule has 0 unspecified atom stereocenters. The maximum Gasteiger partial charge on any atom is 0.163 e. The number of aliphatic hydroxyl groups excluding tert-OH is 1. The van der Waals surface area contributed by atoms with Crippen LogP contribution >= 0.6 is 12.2 Å². The van der Waals surface area contributed by atoms with Crippen molar-refractivity contribution >= 4 is 23.0 Å². The average Bonchev–Trinajstić information content (AvgIpc) is 2.45. The molecule has 2 rings (SSSR count). The lowest BCUT2D eigenvalue weighted by atomic mass is 9.70. The Kier molecular flexibility index (Phi) is 4.81. The number of nitrogens with two attached hydrogens (primary N) is 1. The fourth-order valence-corrected chi connectivity index (χ4v) is 3.23. The van der Waals surface area contributed by atoms with Crippen molar-refractivity contribution in [3.8, 4) is 6.07 Å². The van der Waals surface area contributed by atoms with E-state index in [0.29, 0.717) is 18.4 Å². The van der Waals surface area contributed by atoms with Crippen LogP contribution < -0.4 is 5.73 Å². The number of aromatic nitrogens is 1. The van der Waals surface area contributed by atoms with E-state index in [9.17, 15) is 15.2 Å². The normalized spacial score (nSPS) is 19.8. The van der Waals surface area contributed by atoms with E-state index >= 15 is 0 Å². The summed E-state index contributed by atoms with van der Waals surface area (Å²) in [7, 11) is 0. The van der Waals surface area contributed by atoms with Gasteiger partial charge < -0.3 is 10.8 Å². The van der Waals surface area contributed by atoms with Gasteiger partial charge in [0.1, 0.15) is 11.7 Å². The molecule has 0 aliphatic heterocycles. The van der Waals surface area contributed by atoms with Crippen LogP contribution in [0.1, 0.15) is 38.2 Å². The topological polar surface area (TPSA) is 100 Å². The van der Waals surface area contributed by atoms with Crippen molar-refractivity contribution in [2.45, 2.75) is 32.6 Å². The fourth-order valence-electron chi connectivity index (χ4n) is 3.04. The minimum atomic E-state index is -0.878. The van der Waals surface area contributed by atoms with Crippen molar-refractivity contribution in [1.82, 2.24) is 4.98 Å². The largest absolute Gasteiger partial charge is 0.512 e. The molecule has 0 bridgehead atoms. The second kappa shape index (κ2) is 6.47. The second-order valence-electron chi connectivity index (χ2n) is 6.57. The van der Waals surface area contributed by atoms with Crippen LogP contribution in [0.25, 0.3) is 0 Å². The zero-order chi connectivity index (χ0) is 17.2. The maximum atomic E-state index is 12.6. The molecule has 0 fully saturated rings. The van der Waals surface area contributed by atoms with Crippen molar-refractivity contribution < 1.29 is 9.90 Å². The molecule has 1 aliphatic rings. The second-order valence-corrected chi connectivity index (χ2v) is 7.05. The van der Waals surface area contributed by atoms with Gasteiger partial charge in [-0.1, -0.05) is 32.1 Å². The molecular weight excluding hydrogens is 310 g/mol. The maximum absolute atomic E-state index is 12.6. The van der Waals surface area contributed by atoms with Crippen molar-refractivity contribution in [3.63, 3.8) is 0 Å². The summed E-state index contributed by atoms with van der Waals surface area (Å²) >= 11 is 5.00. The molecule has 0 saturated heterocycles. The van der Waals surface area contributed by atoms with E-state index in [-0.39, 0.29) is 27.5 Å². The van der Waals surface area contributed by atoms with Gasteiger partial charge in [-0.05, 0) is 17.0 Å². The lowest BCUT2D eigenvalue weighted by Gasteiger charge is -2.33. The van der Waals surface area contributed by atoms with Gasteiger partial charge in [-0.15, -0.1) is 0 Å². The number of allylic oxidation sites excluding steroid dienone is 2. The van der Waals surface area contributed by atoms with Gasteiger partial charge in [-0.2, -0.15) is 5.26 Å². The Morgan fingerprint density at radius 1 is 1.52 bits per heavy atom. The number of carbonyl (C=O) groups excluding carboxylic acids is 1. The summed E-state index contributed by atoms with van der Waals surface area (Å²) in [5.41, 5.74) is 6.27. The predicted molar refractivity (Wildman–Crippen MR) is 90.5 cm³/mol. The van der Waals surface area contributed by atoms with Gasteiger partial charge in [0.25, 0.3) is 0 Å². The molecule has 0 radical (unpaired) electrons. The zero-order valence-electron chi connectivity index (χ0n) is 13.1. The number of hydrogen-bond donors (Lipinski definition) is 2. The minimum absolute atomic E-state index is 0.000660. The number of nitrogens with zero attached hydrogens (tertiary/aromatic N) is 2. The molecule has 1 aromatic rings. The van der Waals surface area contributed by atoms with E-state index in [0.717, 1.165) is 0 Å². The molecule has 1 aromatic heterocycles. The highest BCUT2D eigenvalue weighted by atomic mass is 32.1. The lowest BCUT2D eigenvalue weighted by molar-refractivity contribution is -0.118. The van der Waals surface area contributed by atoms with Crippen LogP contribution in [-0.4, -0.2) is 20.9 Å². The van der Waals surface area contributed by atoms with Gasteiger partial charge in [0, 0.05) is 36.7 Å². The smallest absolute Gasteiger partial charge is 0.163 e. The first-order valence-corrected chi connectivity index (χ1v) is 7.72. The molecule has 1 aliphatic carbocycles. The van der Waals surface area contributed by atoms with E-state index in [1.807, 2.05) is 13.8 Å². The first-order valence-electron chi connectivity index (χ1n) is 7.31. The van der Waals surface area contributed by atoms with E-state index in [1.165, 1.54) is 0 Å². The number of hydrogen-bond acceptors (Lipinski definition) is 5. The standard InChI is InChI=1S/C17H19N3O2S/c1-17(2)6-12(21)15(13(22)7-17)14(11(8-18)16(19)23)10-4-3-5-20-9-10/h3-5,9,11,14,21H,6-7H2,1-2H3,(H2,19,23)/t11-,14+/m0/s1. The highest BCUT2D eigenvalue weighted by Gasteiger charge is 2.40. The molecule has 5 nitrogen and oxygen atoms in total. The van der Waals surface area contributed by atoms with Gasteiger partial charge in [0.05, 0.1) is 11.1 Å². The number of ketones is 1. The van der Waals surface area contributed by atoms with E-state index < -0.39 is 11.8 Å². The Balaban J connectivity index is 2.61. The number of aliphatic hydroxyl groups is 1. The molecule has 0 aromatic carbocycles. The summed E-state index contributed by atoms with van der Waals surface area (Å²) in [6.45, 7) is 3.85. The number of nitriles is 1. The summed E-state index contributed by atoms with van der Waals surface area (Å²) in [5, 5.41) is 20.0. The highest BCUT2D eigenvalue weighted by molar-refractivity contribution is 7.80. The van der Waals surface area contributed by atoms with E-state index in [4.69, 9.17) is 18.0 Å². The monoisotopic (exact) mass is 329 g/mol. The first-order chi connectivity index (χ1) is 10.8. The van der Waals surface area contributed by atoms with Crippen LogP contribution in [0.5, 0.6) is 0 Å². The van der Waals surface area contributed by atoms with Crippen LogP contribution in [-0.2, 0) is 4.79 Å². The third-order valence-corrected chi connectivity index (χ3v) is 4.28. The lowest BCUT2D eigenvalue weighted by Crippen LogP contribution is -2.34. The van der Waals surface area contributed by atoms with Gasteiger partial charge in [-0.25, -0.2) is 0 Å². The van der Waals surface area contributed by atoms with Gasteiger partial charge in [0.15, 0.2) is 5.78 Å².